The second kappa shape index (κ2) is 8.87. The summed E-state index contributed by atoms with van der Waals surface area (Å²) in [4.78, 5) is 0. The smallest absolute Gasteiger partial charge is 0.217 e. The molecule has 0 fully saturated rings. The van der Waals surface area contributed by atoms with Gasteiger partial charge in [-0.25, -0.2) is 0 Å². The van der Waals surface area contributed by atoms with E-state index in [1.165, 1.54) is 21.6 Å². The molecule has 0 radical (unpaired) electrons. The van der Waals surface area contributed by atoms with Crippen molar-refractivity contribution in [2.24, 2.45) is 0 Å². The van der Waals surface area contributed by atoms with Crippen LogP contribution in [-0.2, 0) is 0 Å². The highest BCUT2D eigenvalue weighted by Crippen LogP contribution is 1.61. The predicted octanol–water partition coefficient (Wildman–Crippen LogP) is -0.601. The molecule has 0 saturated carbocycles. The maximum absolute atomic E-state index is 3.51. The summed E-state index contributed by atoms with van der Waals surface area (Å²) in [6.07, 6.45) is 1.94. The highest BCUT2D eigenvalue weighted by Gasteiger charge is 1.49. The Kier molecular flexibility index (Phi) is 15.9. The molecule has 0 spiro atoms. The van der Waals surface area contributed by atoms with Gasteiger partial charge in [0, 0.05) is 0 Å². The van der Waals surface area contributed by atoms with Gasteiger partial charge in [0.2, 0.25) is 16.3 Å². The quantitative estimate of drug-likeness (QED) is 0.303. The lowest BCUT2D eigenvalue weighted by molar-refractivity contribution is 0.824. The van der Waals surface area contributed by atoms with Gasteiger partial charge in [0.1, 0.15) is 0 Å². The van der Waals surface area contributed by atoms with Crippen molar-refractivity contribution in [3.63, 3.8) is 0 Å². The Balaban J connectivity index is 0. The lowest BCUT2D eigenvalue weighted by Crippen LogP contribution is -1.47. The monoisotopic (exact) mass is 88.0 g/mol. The maximum Gasteiger partial charge on any atom is 0.217 e. The Morgan fingerprint density at radius 2 is 2.00 bits per heavy atom. The fourth-order valence-electron chi connectivity index (χ4n) is 0. The molecule has 0 aliphatic rings. The summed E-state index contributed by atoms with van der Waals surface area (Å²) in [5, 5.41) is 1.22. The molecule has 0 aromatic heterocycles. The highest BCUT2D eigenvalue weighted by atomic mass is 27.0. The van der Waals surface area contributed by atoms with Gasteiger partial charge in [-0.05, 0) is 0 Å². The van der Waals surface area contributed by atoms with Crippen LogP contribution >= 0.6 is 0 Å². The average Bonchev–Trinajstić information content (AvgIpc) is 1.37. The molecule has 0 saturated heterocycles. The van der Waals surface area contributed by atoms with E-state index in [9.17, 15) is 0 Å². The van der Waals surface area contributed by atoms with Crippen LogP contribution in [0.1, 0.15) is 0 Å². The van der Waals surface area contributed by atoms with Crippen LogP contribution in [0.25, 0.3) is 0 Å². The minimum Gasteiger partial charge on any atom is -0.412 e. The zero-order valence-corrected chi connectivity index (χ0v) is 5.49. The third-order valence-corrected chi connectivity index (χ3v) is 0.866. The molecule has 0 aliphatic heterocycles. The van der Waals surface area contributed by atoms with Crippen LogP contribution < -0.4 is 0 Å². The number of allylic oxidation sites excluding steroid dienone is 1. The molecule has 0 bridgehead atoms. The zero-order chi connectivity index (χ0) is 3.41. The summed E-state index contributed by atoms with van der Waals surface area (Å²) < 4.78 is 0. The van der Waals surface area contributed by atoms with Crippen LogP contribution in [0.2, 0.25) is 5.28 Å². The van der Waals surface area contributed by atoms with Crippen LogP contribution in [0.4, 0.5) is 0 Å². The molecular formula is C3H9AlO. The molecule has 0 aromatic carbocycles. The molecule has 0 rings (SSSR count). The van der Waals surface area contributed by atoms with E-state index in [2.05, 4.69) is 6.58 Å². The third-order valence-electron chi connectivity index (χ3n) is 0.289. The zero-order valence-electron chi connectivity index (χ0n) is 3.49. The van der Waals surface area contributed by atoms with E-state index in [0.29, 0.717) is 0 Å². The van der Waals surface area contributed by atoms with Crippen LogP contribution in [0.15, 0.2) is 12.7 Å². The summed E-state index contributed by atoms with van der Waals surface area (Å²) in [6.45, 7) is 3.51. The third kappa shape index (κ3) is 13.9. The summed E-state index contributed by atoms with van der Waals surface area (Å²) in [6, 6.07) is 0. The lowest BCUT2D eigenvalue weighted by atomic mass is 10.8. The van der Waals surface area contributed by atoms with E-state index in [1.807, 2.05) is 6.08 Å². The van der Waals surface area contributed by atoms with Gasteiger partial charge in [-0.3, -0.25) is 0 Å². The van der Waals surface area contributed by atoms with Gasteiger partial charge in [0.15, 0.2) is 0 Å². The number of hydrogen-bond acceptors (Lipinski definition) is 0. The first-order valence-electron chi connectivity index (χ1n) is 1.52. The van der Waals surface area contributed by atoms with E-state index in [1.54, 1.807) is 0 Å². The van der Waals surface area contributed by atoms with Crippen molar-refractivity contribution in [2.75, 3.05) is 0 Å². The van der Waals surface area contributed by atoms with Crippen molar-refractivity contribution < 1.29 is 5.48 Å². The van der Waals surface area contributed by atoms with Crippen molar-refractivity contribution in [1.82, 2.24) is 0 Å². The first-order chi connectivity index (χ1) is 1.91. The van der Waals surface area contributed by atoms with Crippen molar-refractivity contribution in [3.05, 3.63) is 12.7 Å². The van der Waals surface area contributed by atoms with Gasteiger partial charge in [0.25, 0.3) is 0 Å². The van der Waals surface area contributed by atoms with Gasteiger partial charge >= 0.3 is 0 Å². The average molecular weight is 88.1 g/mol. The van der Waals surface area contributed by atoms with Gasteiger partial charge < -0.3 is 5.48 Å². The summed E-state index contributed by atoms with van der Waals surface area (Å²) in [7, 11) is 0. The lowest BCUT2D eigenvalue weighted by Gasteiger charge is -1.55. The topological polar surface area (TPSA) is 31.5 Å². The summed E-state index contributed by atoms with van der Waals surface area (Å²) in [5.41, 5.74) is 0. The maximum atomic E-state index is 3.51. The fraction of sp³-hybridized carbons (Fsp3) is 0.333. The van der Waals surface area contributed by atoms with Gasteiger partial charge in [0.05, 0.1) is 0 Å². The van der Waals surface area contributed by atoms with Gasteiger partial charge in [-0.1, -0.05) is 5.28 Å². The Bertz CT molecular complexity index is 20.9. The molecule has 5 heavy (non-hydrogen) atoms. The van der Waals surface area contributed by atoms with E-state index in [4.69, 9.17) is 0 Å². The van der Waals surface area contributed by atoms with Crippen molar-refractivity contribution >= 4 is 16.3 Å². The molecule has 0 amide bonds. The SMILES string of the molecule is C=C[CH2][AlH2].O. The molecule has 1 nitrogen and oxygen atoms in total. The van der Waals surface area contributed by atoms with E-state index in [0.717, 1.165) is 0 Å². The van der Waals surface area contributed by atoms with Crippen LogP contribution in [-0.4, -0.2) is 21.8 Å². The van der Waals surface area contributed by atoms with E-state index < -0.39 is 0 Å². The summed E-state index contributed by atoms with van der Waals surface area (Å²) in [5.74, 6) is 0. The molecular weight excluding hydrogens is 79.0 g/mol. The molecule has 0 aliphatic carbocycles. The van der Waals surface area contributed by atoms with E-state index >= 15 is 0 Å². The van der Waals surface area contributed by atoms with Crippen LogP contribution in [0.5, 0.6) is 0 Å². The Hall–Kier alpha value is 0.232. The first kappa shape index (κ1) is 8.97. The molecule has 0 unspecified atom stereocenters. The molecule has 2 N–H and O–H groups in total. The molecule has 0 aromatic rings. The van der Waals surface area contributed by atoms with Crippen molar-refractivity contribution in [3.8, 4) is 0 Å². The minimum atomic E-state index is 0. The molecule has 30 valence electrons. The Morgan fingerprint density at radius 3 is 2.00 bits per heavy atom. The Labute approximate surface area is 40.4 Å². The number of rotatable bonds is 1. The van der Waals surface area contributed by atoms with Crippen LogP contribution in [0, 0.1) is 0 Å². The fourth-order valence-corrected chi connectivity index (χ4v) is 0. The second-order valence-electron chi connectivity index (χ2n) is 0.697. The largest absolute Gasteiger partial charge is 0.412 e. The van der Waals surface area contributed by atoms with Crippen molar-refractivity contribution in [2.45, 2.75) is 5.28 Å². The molecule has 0 heterocycles. The van der Waals surface area contributed by atoms with E-state index in [-0.39, 0.29) is 5.48 Å². The first-order valence-corrected chi connectivity index (χ1v) is 2.94. The predicted molar refractivity (Wildman–Crippen MR) is 27.2 cm³/mol. The van der Waals surface area contributed by atoms with Crippen molar-refractivity contribution in [1.29, 1.82) is 0 Å². The number of hydrogen-bond donors (Lipinski definition) is 0. The minimum absolute atomic E-state index is 0. The Morgan fingerprint density at radius 1 is 1.80 bits per heavy atom. The second-order valence-corrected chi connectivity index (χ2v) is 1.51. The molecule has 0 atom stereocenters. The highest BCUT2D eigenvalue weighted by molar-refractivity contribution is 6.09. The standard InChI is InChI=1S/C3H5.Al.H2O.2H/c1-3-2;;;;/h3H,1-2H2;;1H2;;. The van der Waals surface area contributed by atoms with Crippen LogP contribution in [0.3, 0.4) is 0 Å². The normalized spacial score (nSPS) is 4.80. The van der Waals surface area contributed by atoms with Gasteiger partial charge in [-0.15, -0.1) is 12.7 Å². The molecule has 2 heteroatoms. The van der Waals surface area contributed by atoms with Gasteiger partial charge in [-0.2, -0.15) is 0 Å². The summed E-state index contributed by atoms with van der Waals surface area (Å²) >= 11 is 1.27.